The molecule has 248 valence electrons. The van der Waals surface area contributed by atoms with Crippen LogP contribution >= 0.6 is 43.2 Å². The lowest BCUT2D eigenvalue weighted by molar-refractivity contribution is -0.0645. The molecule has 2 fully saturated rings. The molecule has 0 bridgehead atoms. The molecule has 44 heavy (non-hydrogen) atoms. The first kappa shape index (κ1) is 37.0. The maximum atomic E-state index is 11.9. The summed E-state index contributed by atoms with van der Waals surface area (Å²) < 4.78 is 25.9. The molecule has 2 aromatic heterocycles. The molecule has 0 aliphatic carbocycles. The standard InChI is InChI=1S/2C13H20N2O5S2/c2*1-7-5-15(13(18)14-12(7)17)11-4-9(10(6-16)20-11)19-8(2)22-21-3/h2*5,8-11,16H,4,6H2,1-3H3,(H,14,17,18)/t8-,9?,10+,11+;8-,9?,10-,11-/m01/s1. The Labute approximate surface area is 269 Å². The second-order valence-electron chi connectivity index (χ2n) is 10.1. The van der Waals surface area contributed by atoms with E-state index in [1.165, 1.54) is 21.5 Å². The average Bonchev–Trinajstić information content (AvgIpc) is 3.56. The average molecular weight is 697 g/mol. The minimum absolute atomic E-state index is 0.0505. The number of hydrogen-bond donors (Lipinski definition) is 4. The summed E-state index contributed by atoms with van der Waals surface area (Å²) in [6.07, 6.45) is 5.05. The molecule has 4 N–H and O–H groups in total. The first-order chi connectivity index (χ1) is 20.9. The Morgan fingerprint density at radius 1 is 0.795 bits per heavy atom. The van der Waals surface area contributed by atoms with Crippen molar-refractivity contribution >= 4 is 43.2 Å². The molecule has 2 aliphatic heterocycles. The van der Waals surface area contributed by atoms with Gasteiger partial charge in [-0.15, -0.1) is 0 Å². The number of aromatic nitrogens is 4. The van der Waals surface area contributed by atoms with Gasteiger partial charge < -0.3 is 29.2 Å². The number of nitrogens with zero attached hydrogens (tertiary/aromatic N) is 2. The molecule has 8 atom stereocenters. The molecule has 4 heterocycles. The number of aryl methyl sites for hydroxylation is 2. The number of ether oxygens (including phenoxy) is 4. The molecule has 4 rings (SSSR count). The van der Waals surface area contributed by atoms with Crippen molar-refractivity contribution in [1.82, 2.24) is 19.1 Å². The quantitative estimate of drug-likeness (QED) is 0.186. The Balaban J connectivity index is 0.000000240. The van der Waals surface area contributed by atoms with E-state index >= 15 is 0 Å². The van der Waals surface area contributed by atoms with Gasteiger partial charge in [-0.3, -0.25) is 28.7 Å². The van der Waals surface area contributed by atoms with Crippen LogP contribution in [-0.2, 0) is 18.9 Å². The zero-order valence-electron chi connectivity index (χ0n) is 25.3. The molecule has 18 heteroatoms. The lowest BCUT2D eigenvalue weighted by atomic mass is 10.2. The van der Waals surface area contributed by atoms with Gasteiger partial charge >= 0.3 is 11.4 Å². The number of H-pyrrole nitrogens is 2. The van der Waals surface area contributed by atoms with Gasteiger partial charge in [-0.05, 0) is 40.2 Å². The predicted molar refractivity (Wildman–Crippen MR) is 174 cm³/mol. The van der Waals surface area contributed by atoms with Gasteiger partial charge in [0, 0.05) is 36.4 Å². The molecule has 2 unspecified atom stereocenters. The van der Waals surface area contributed by atoms with E-state index in [0.29, 0.717) is 24.0 Å². The molecule has 2 aromatic rings. The van der Waals surface area contributed by atoms with Crippen LogP contribution in [0.1, 0.15) is 50.3 Å². The minimum Gasteiger partial charge on any atom is -0.394 e. The lowest BCUT2D eigenvalue weighted by Crippen LogP contribution is -2.33. The van der Waals surface area contributed by atoms with Crippen LogP contribution in [0.3, 0.4) is 0 Å². The summed E-state index contributed by atoms with van der Waals surface area (Å²) >= 11 is 0. The predicted octanol–water partition coefficient (Wildman–Crippen LogP) is 1.73. The third-order valence-corrected chi connectivity index (χ3v) is 10.8. The van der Waals surface area contributed by atoms with Gasteiger partial charge in [0.25, 0.3) is 11.1 Å². The molecule has 2 saturated heterocycles. The topological polar surface area (TPSA) is 187 Å². The summed E-state index contributed by atoms with van der Waals surface area (Å²) in [6, 6.07) is 0. The van der Waals surface area contributed by atoms with Crippen LogP contribution in [0.5, 0.6) is 0 Å². The fourth-order valence-electron chi connectivity index (χ4n) is 4.77. The number of aromatic amines is 2. The van der Waals surface area contributed by atoms with E-state index < -0.39 is 47.2 Å². The third-order valence-electron chi connectivity index (χ3n) is 6.83. The van der Waals surface area contributed by atoms with Crippen molar-refractivity contribution < 1.29 is 29.2 Å². The van der Waals surface area contributed by atoms with E-state index in [4.69, 9.17) is 18.9 Å². The Morgan fingerprint density at radius 3 is 1.48 bits per heavy atom. The van der Waals surface area contributed by atoms with Gasteiger partial charge in [0.2, 0.25) is 0 Å². The molecular formula is C26H40N4O10S4. The highest BCUT2D eigenvalue weighted by Crippen LogP contribution is 2.35. The summed E-state index contributed by atoms with van der Waals surface area (Å²) in [5.41, 5.74) is -1.10. The van der Waals surface area contributed by atoms with Gasteiger partial charge in [-0.1, -0.05) is 43.2 Å². The van der Waals surface area contributed by atoms with Gasteiger partial charge in [0.15, 0.2) is 0 Å². The maximum Gasteiger partial charge on any atom is 0.330 e. The van der Waals surface area contributed by atoms with Crippen LogP contribution in [-0.4, -0.2) is 90.3 Å². The van der Waals surface area contributed by atoms with Crippen molar-refractivity contribution in [2.75, 3.05) is 25.7 Å². The largest absolute Gasteiger partial charge is 0.394 e. The molecule has 0 amide bonds. The molecule has 14 nitrogen and oxygen atoms in total. The zero-order chi connectivity index (χ0) is 32.6. The highest BCUT2D eigenvalue weighted by atomic mass is 33.1. The van der Waals surface area contributed by atoms with E-state index in [2.05, 4.69) is 9.97 Å². The van der Waals surface area contributed by atoms with Gasteiger partial charge in [0.05, 0.1) is 25.4 Å². The SMILES string of the molecule is CSS[C@@H](C)OC1C[C@H](n2cc(C)c(=O)[nH]c2=O)O[C@@H]1CO.CSS[C@H](C)OC1C[C@H](n2cc(C)c(=O)[nH]c2=O)O[C@@H]1CO. The highest BCUT2D eigenvalue weighted by Gasteiger charge is 2.39. The summed E-state index contributed by atoms with van der Waals surface area (Å²) in [5.74, 6) is 0. The van der Waals surface area contributed by atoms with Gasteiger partial charge in [-0.2, -0.15) is 0 Å². The second kappa shape index (κ2) is 17.4. The second-order valence-corrected chi connectivity index (χ2v) is 15.6. The van der Waals surface area contributed by atoms with Crippen LogP contribution in [0.2, 0.25) is 0 Å². The summed E-state index contributed by atoms with van der Waals surface area (Å²) in [5, 5.41) is 18.9. The zero-order valence-corrected chi connectivity index (χ0v) is 28.6. The summed E-state index contributed by atoms with van der Waals surface area (Å²) in [4.78, 5) is 51.2. The van der Waals surface area contributed by atoms with Crippen LogP contribution in [0.15, 0.2) is 31.6 Å². The van der Waals surface area contributed by atoms with Crippen molar-refractivity contribution in [1.29, 1.82) is 0 Å². The maximum absolute atomic E-state index is 11.9. The minimum atomic E-state index is -0.559. The van der Waals surface area contributed by atoms with Gasteiger partial charge in [0.1, 0.15) is 35.5 Å². The first-order valence-corrected chi connectivity index (χ1v) is 19.0. The molecular weight excluding hydrogens is 657 g/mol. The smallest absolute Gasteiger partial charge is 0.330 e. The number of rotatable bonds is 12. The Kier molecular flexibility index (Phi) is 14.7. The fourth-order valence-corrected chi connectivity index (χ4v) is 7.58. The van der Waals surface area contributed by atoms with Crippen LogP contribution < -0.4 is 22.5 Å². The first-order valence-electron chi connectivity index (χ1n) is 13.8. The Morgan fingerprint density at radius 2 is 1.16 bits per heavy atom. The van der Waals surface area contributed by atoms with Crippen molar-refractivity contribution in [3.05, 3.63) is 65.2 Å². The summed E-state index contributed by atoms with van der Waals surface area (Å²) in [7, 11) is 6.35. The van der Waals surface area contributed by atoms with E-state index in [1.807, 2.05) is 26.4 Å². The van der Waals surface area contributed by atoms with Crippen LogP contribution in [0, 0.1) is 13.8 Å². The molecule has 0 aromatic carbocycles. The Hall–Kier alpha value is -1.48. The monoisotopic (exact) mass is 696 g/mol. The van der Waals surface area contributed by atoms with Crippen molar-refractivity contribution in [2.45, 2.75) is 88.3 Å². The molecule has 0 radical (unpaired) electrons. The van der Waals surface area contributed by atoms with E-state index in [9.17, 15) is 29.4 Å². The van der Waals surface area contributed by atoms with Crippen LogP contribution in [0.4, 0.5) is 0 Å². The number of aliphatic hydroxyl groups is 2. The molecule has 0 saturated carbocycles. The van der Waals surface area contributed by atoms with Gasteiger partial charge in [-0.25, -0.2) is 9.59 Å². The van der Waals surface area contributed by atoms with Crippen molar-refractivity contribution in [3.63, 3.8) is 0 Å². The molecule has 2 aliphatic rings. The summed E-state index contributed by atoms with van der Waals surface area (Å²) in [6.45, 7) is 6.74. The van der Waals surface area contributed by atoms with Crippen molar-refractivity contribution in [3.8, 4) is 0 Å². The third kappa shape index (κ3) is 9.76. The van der Waals surface area contributed by atoms with E-state index in [-0.39, 0.29) is 36.3 Å². The lowest BCUT2D eigenvalue weighted by Gasteiger charge is -2.20. The fraction of sp³-hybridized carbons (Fsp3) is 0.692. The number of nitrogens with one attached hydrogen (secondary N) is 2. The Bertz CT molecular complexity index is 1340. The highest BCUT2D eigenvalue weighted by molar-refractivity contribution is 8.76. The van der Waals surface area contributed by atoms with Crippen LogP contribution in [0.25, 0.3) is 0 Å². The number of hydrogen-bond acceptors (Lipinski definition) is 14. The van der Waals surface area contributed by atoms with E-state index in [0.717, 1.165) is 0 Å². The van der Waals surface area contributed by atoms with E-state index in [1.54, 1.807) is 57.0 Å². The normalized spacial score (nSPS) is 26.3. The molecule has 0 spiro atoms. The van der Waals surface area contributed by atoms with Crippen molar-refractivity contribution in [2.24, 2.45) is 0 Å². The number of aliphatic hydroxyl groups excluding tert-OH is 2.